The van der Waals surface area contributed by atoms with Crippen molar-refractivity contribution in [3.8, 4) is 0 Å². The molecule has 18 heavy (non-hydrogen) atoms. The highest BCUT2D eigenvalue weighted by molar-refractivity contribution is 5.91. The summed E-state index contributed by atoms with van der Waals surface area (Å²) in [6, 6.07) is -0.990. The van der Waals surface area contributed by atoms with Crippen molar-refractivity contribution in [2.24, 2.45) is 5.41 Å². The number of carboxylic acids is 1. The van der Waals surface area contributed by atoms with Gasteiger partial charge in [-0.05, 0) is 11.8 Å². The van der Waals surface area contributed by atoms with Crippen molar-refractivity contribution in [3.63, 3.8) is 0 Å². The van der Waals surface area contributed by atoms with Crippen LogP contribution in [0.5, 0.6) is 0 Å². The lowest BCUT2D eigenvalue weighted by Gasteiger charge is -2.31. The summed E-state index contributed by atoms with van der Waals surface area (Å²) in [4.78, 5) is 33.7. The van der Waals surface area contributed by atoms with Crippen LogP contribution in [0.2, 0.25) is 0 Å². The molecular formula is C12H20N2O4. The summed E-state index contributed by atoms with van der Waals surface area (Å²) in [7, 11) is 0. The Morgan fingerprint density at radius 1 is 1.50 bits per heavy atom. The zero-order chi connectivity index (χ0) is 13.9. The van der Waals surface area contributed by atoms with E-state index in [1.165, 1.54) is 0 Å². The van der Waals surface area contributed by atoms with E-state index in [2.05, 4.69) is 10.6 Å². The van der Waals surface area contributed by atoms with Gasteiger partial charge < -0.3 is 15.7 Å². The highest BCUT2D eigenvalue weighted by atomic mass is 16.4. The second kappa shape index (κ2) is 5.37. The third-order valence-electron chi connectivity index (χ3n) is 3.05. The van der Waals surface area contributed by atoms with Crippen molar-refractivity contribution in [2.75, 3.05) is 0 Å². The Kier molecular flexibility index (Phi) is 4.32. The first kappa shape index (κ1) is 14.5. The fourth-order valence-corrected chi connectivity index (χ4v) is 1.83. The Morgan fingerprint density at radius 3 is 2.50 bits per heavy atom. The number of nitrogens with one attached hydrogen (secondary N) is 2. The first-order valence-electron chi connectivity index (χ1n) is 6.01. The van der Waals surface area contributed by atoms with Gasteiger partial charge in [-0.2, -0.15) is 0 Å². The molecule has 0 spiro atoms. The number of amides is 2. The molecule has 1 rings (SSSR count). The Bertz CT molecular complexity index is 360. The summed E-state index contributed by atoms with van der Waals surface area (Å²) in [5, 5.41) is 14.1. The van der Waals surface area contributed by atoms with Crippen LogP contribution < -0.4 is 10.6 Å². The maximum Gasteiger partial charge on any atom is 0.305 e. The van der Waals surface area contributed by atoms with E-state index in [4.69, 9.17) is 5.11 Å². The Hall–Kier alpha value is -1.59. The first-order chi connectivity index (χ1) is 8.20. The number of hydrogen-bond donors (Lipinski definition) is 3. The fraction of sp³-hybridized carbons (Fsp3) is 0.750. The van der Waals surface area contributed by atoms with Crippen LogP contribution >= 0.6 is 0 Å². The van der Waals surface area contributed by atoms with Crippen LogP contribution in [0.3, 0.4) is 0 Å². The fourth-order valence-electron chi connectivity index (χ4n) is 1.83. The smallest absolute Gasteiger partial charge is 0.305 e. The predicted octanol–water partition coefficient (Wildman–Crippen LogP) is 0.271. The molecule has 0 radical (unpaired) electrons. The van der Waals surface area contributed by atoms with Gasteiger partial charge in [0, 0.05) is 12.5 Å². The highest BCUT2D eigenvalue weighted by Crippen LogP contribution is 2.22. The second-order valence-electron chi connectivity index (χ2n) is 5.68. The molecule has 1 aliphatic rings. The van der Waals surface area contributed by atoms with Crippen LogP contribution in [0.4, 0.5) is 0 Å². The molecule has 0 bridgehead atoms. The molecule has 2 atom stereocenters. The quantitative estimate of drug-likeness (QED) is 0.672. The van der Waals surface area contributed by atoms with E-state index in [1.54, 1.807) is 0 Å². The van der Waals surface area contributed by atoms with Crippen LogP contribution in [0.25, 0.3) is 0 Å². The maximum absolute atomic E-state index is 11.9. The average molecular weight is 256 g/mol. The first-order valence-corrected chi connectivity index (χ1v) is 6.01. The minimum atomic E-state index is -0.953. The number of hydrogen-bond acceptors (Lipinski definition) is 3. The molecule has 6 heteroatoms. The molecule has 0 aliphatic carbocycles. The van der Waals surface area contributed by atoms with Gasteiger partial charge in [-0.3, -0.25) is 14.4 Å². The van der Waals surface area contributed by atoms with Crippen molar-refractivity contribution in [1.29, 1.82) is 0 Å². The number of carboxylic acid groups (broad SMARTS) is 1. The maximum atomic E-state index is 11.9. The molecule has 2 amide bonds. The molecule has 0 aromatic heterocycles. The van der Waals surface area contributed by atoms with E-state index in [-0.39, 0.29) is 23.7 Å². The van der Waals surface area contributed by atoms with Gasteiger partial charge in [-0.15, -0.1) is 0 Å². The summed E-state index contributed by atoms with van der Waals surface area (Å²) in [5.74, 6) is -1.39. The van der Waals surface area contributed by atoms with Crippen molar-refractivity contribution in [2.45, 2.75) is 52.1 Å². The average Bonchev–Trinajstić information content (AvgIpc) is 2.61. The SMILES string of the molecule is CC(C)(C)C(CC(=O)O)NC(=O)[C@H]1CCC(=O)N1. The molecule has 0 saturated carbocycles. The van der Waals surface area contributed by atoms with Crippen molar-refractivity contribution >= 4 is 17.8 Å². The van der Waals surface area contributed by atoms with Crippen molar-refractivity contribution in [3.05, 3.63) is 0 Å². The van der Waals surface area contributed by atoms with Gasteiger partial charge in [0.05, 0.1) is 6.42 Å². The summed E-state index contributed by atoms with van der Waals surface area (Å²) in [6.07, 6.45) is 0.682. The van der Waals surface area contributed by atoms with E-state index in [1.807, 2.05) is 20.8 Å². The summed E-state index contributed by atoms with van der Waals surface area (Å²) in [6.45, 7) is 5.61. The molecule has 102 valence electrons. The summed E-state index contributed by atoms with van der Waals surface area (Å²) < 4.78 is 0. The predicted molar refractivity (Wildman–Crippen MR) is 64.8 cm³/mol. The minimum absolute atomic E-state index is 0.129. The lowest BCUT2D eigenvalue weighted by molar-refractivity contribution is -0.138. The van der Waals surface area contributed by atoms with E-state index in [0.717, 1.165) is 0 Å². The van der Waals surface area contributed by atoms with Crippen LogP contribution in [-0.4, -0.2) is 35.0 Å². The standard InChI is InChI=1S/C12H20N2O4/c1-12(2,3)8(6-10(16)17)14-11(18)7-4-5-9(15)13-7/h7-8H,4-6H2,1-3H3,(H,13,15)(H,14,18)(H,16,17)/t7-,8?/m1/s1. The normalized spacial score (nSPS) is 21.3. The number of aliphatic carboxylic acids is 1. The van der Waals surface area contributed by atoms with Gasteiger partial charge >= 0.3 is 5.97 Å². The molecule has 1 unspecified atom stereocenters. The van der Waals surface area contributed by atoms with E-state index >= 15 is 0 Å². The van der Waals surface area contributed by atoms with Crippen molar-refractivity contribution < 1.29 is 19.5 Å². The Balaban J connectivity index is 2.63. The van der Waals surface area contributed by atoms with Crippen molar-refractivity contribution in [1.82, 2.24) is 10.6 Å². The number of rotatable bonds is 4. The zero-order valence-corrected chi connectivity index (χ0v) is 10.9. The topological polar surface area (TPSA) is 95.5 Å². The number of carbonyl (C=O) groups excluding carboxylic acids is 2. The minimum Gasteiger partial charge on any atom is -0.481 e. The highest BCUT2D eigenvalue weighted by Gasteiger charge is 2.33. The molecule has 1 fully saturated rings. The lowest BCUT2D eigenvalue weighted by atomic mass is 9.84. The molecule has 1 heterocycles. The molecule has 0 aromatic rings. The van der Waals surface area contributed by atoms with Gasteiger partial charge in [0.25, 0.3) is 0 Å². The summed E-state index contributed by atoms with van der Waals surface area (Å²) >= 11 is 0. The monoisotopic (exact) mass is 256 g/mol. The zero-order valence-electron chi connectivity index (χ0n) is 10.9. The van der Waals surface area contributed by atoms with Gasteiger partial charge in [-0.25, -0.2) is 0 Å². The van der Waals surface area contributed by atoms with E-state index in [9.17, 15) is 14.4 Å². The lowest BCUT2D eigenvalue weighted by Crippen LogP contribution is -2.51. The van der Waals surface area contributed by atoms with E-state index < -0.39 is 18.1 Å². The largest absolute Gasteiger partial charge is 0.481 e. The van der Waals surface area contributed by atoms with Crippen LogP contribution in [-0.2, 0) is 14.4 Å². The van der Waals surface area contributed by atoms with Gasteiger partial charge in [0.15, 0.2) is 0 Å². The molecular weight excluding hydrogens is 236 g/mol. The third-order valence-corrected chi connectivity index (χ3v) is 3.05. The van der Waals surface area contributed by atoms with Gasteiger partial charge in [0.2, 0.25) is 11.8 Å². The van der Waals surface area contributed by atoms with Gasteiger partial charge in [0.1, 0.15) is 6.04 Å². The Labute approximate surface area is 106 Å². The van der Waals surface area contributed by atoms with Crippen LogP contribution in [0.15, 0.2) is 0 Å². The molecule has 1 saturated heterocycles. The number of carbonyl (C=O) groups is 3. The van der Waals surface area contributed by atoms with Crippen LogP contribution in [0, 0.1) is 5.41 Å². The van der Waals surface area contributed by atoms with Crippen LogP contribution in [0.1, 0.15) is 40.0 Å². The third kappa shape index (κ3) is 4.01. The second-order valence-corrected chi connectivity index (χ2v) is 5.68. The van der Waals surface area contributed by atoms with E-state index in [0.29, 0.717) is 12.8 Å². The van der Waals surface area contributed by atoms with Gasteiger partial charge in [-0.1, -0.05) is 20.8 Å². The molecule has 1 aliphatic heterocycles. The Morgan fingerprint density at radius 2 is 2.11 bits per heavy atom. The molecule has 0 aromatic carbocycles. The molecule has 3 N–H and O–H groups in total. The molecule has 6 nitrogen and oxygen atoms in total. The summed E-state index contributed by atoms with van der Waals surface area (Å²) in [5.41, 5.74) is -0.351.